The van der Waals surface area contributed by atoms with Crippen LogP contribution in [0.5, 0.6) is 0 Å². The molecule has 0 fully saturated rings. The first-order chi connectivity index (χ1) is 6.31. The quantitative estimate of drug-likeness (QED) is 0.692. The van der Waals surface area contributed by atoms with Gasteiger partial charge in [-0.2, -0.15) is 0 Å². The van der Waals surface area contributed by atoms with Crippen LogP contribution >= 0.6 is 0 Å². The van der Waals surface area contributed by atoms with Gasteiger partial charge in [0.05, 0.1) is 0 Å². The molecular formula is C12H15N. The van der Waals surface area contributed by atoms with Crippen LogP contribution in [0.2, 0.25) is 0 Å². The molecule has 1 aliphatic rings. The summed E-state index contributed by atoms with van der Waals surface area (Å²) in [6.45, 7) is 2.79. The van der Waals surface area contributed by atoms with E-state index in [1.165, 1.54) is 28.7 Å². The standard InChI is InChI=1S/C12H15N/c1-9-2-3-10-4-5-11(6-7-13)12(10)8-9/h2-3,6,8H,4-5,7,13H2,1H3/b11-6-. The van der Waals surface area contributed by atoms with Gasteiger partial charge in [-0.25, -0.2) is 0 Å². The van der Waals surface area contributed by atoms with Crippen molar-refractivity contribution in [3.05, 3.63) is 41.0 Å². The molecule has 1 heteroatoms. The van der Waals surface area contributed by atoms with Gasteiger partial charge in [0.1, 0.15) is 0 Å². The first kappa shape index (κ1) is 8.52. The van der Waals surface area contributed by atoms with Gasteiger partial charge in [-0.1, -0.05) is 29.8 Å². The van der Waals surface area contributed by atoms with E-state index in [1.807, 2.05) is 0 Å². The highest BCUT2D eigenvalue weighted by molar-refractivity contribution is 5.73. The smallest absolute Gasteiger partial charge is 0.0112 e. The lowest BCUT2D eigenvalue weighted by Gasteiger charge is -2.01. The van der Waals surface area contributed by atoms with E-state index in [9.17, 15) is 0 Å². The Hall–Kier alpha value is -1.08. The second-order valence-corrected chi connectivity index (χ2v) is 3.63. The van der Waals surface area contributed by atoms with Crippen LogP contribution in [-0.2, 0) is 6.42 Å². The molecule has 0 saturated carbocycles. The second-order valence-electron chi connectivity index (χ2n) is 3.63. The monoisotopic (exact) mass is 173 g/mol. The van der Waals surface area contributed by atoms with Crippen molar-refractivity contribution in [3.63, 3.8) is 0 Å². The van der Waals surface area contributed by atoms with Crippen molar-refractivity contribution in [2.45, 2.75) is 19.8 Å². The van der Waals surface area contributed by atoms with E-state index >= 15 is 0 Å². The third kappa shape index (κ3) is 1.52. The summed E-state index contributed by atoms with van der Waals surface area (Å²) < 4.78 is 0. The first-order valence-electron chi connectivity index (χ1n) is 4.80. The Morgan fingerprint density at radius 3 is 3.00 bits per heavy atom. The Morgan fingerprint density at radius 2 is 2.23 bits per heavy atom. The van der Waals surface area contributed by atoms with Crippen LogP contribution in [0.25, 0.3) is 5.57 Å². The summed E-state index contributed by atoms with van der Waals surface area (Å²) in [6, 6.07) is 6.69. The fraction of sp³-hybridized carbons (Fsp3) is 0.333. The van der Waals surface area contributed by atoms with E-state index in [0.29, 0.717) is 6.54 Å². The van der Waals surface area contributed by atoms with Crippen LogP contribution in [0.4, 0.5) is 0 Å². The average molecular weight is 173 g/mol. The molecule has 0 atom stereocenters. The molecule has 0 aromatic heterocycles. The summed E-state index contributed by atoms with van der Waals surface area (Å²) in [5.41, 5.74) is 11.2. The van der Waals surface area contributed by atoms with Gasteiger partial charge in [-0.05, 0) is 36.5 Å². The highest BCUT2D eigenvalue weighted by atomic mass is 14.5. The van der Waals surface area contributed by atoms with Gasteiger partial charge in [0, 0.05) is 6.54 Å². The van der Waals surface area contributed by atoms with Crippen molar-refractivity contribution in [2.24, 2.45) is 5.73 Å². The minimum absolute atomic E-state index is 0.655. The maximum Gasteiger partial charge on any atom is 0.0112 e. The highest BCUT2D eigenvalue weighted by Crippen LogP contribution is 2.32. The highest BCUT2D eigenvalue weighted by Gasteiger charge is 2.14. The summed E-state index contributed by atoms with van der Waals surface area (Å²) in [6.07, 6.45) is 4.49. The molecule has 2 N–H and O–H groups in total. The maximum absolute atomic E-state index is 5.53. The molecule has 0 aliphatic heterocycles. The molecule has 1 aromatic rings. The Bertz CT molecular complexity index is 350. The number of rotatable bonds is 1. The van der Waals surface area contributed by atoms with E-state index in [2.05, 4.69) is 31.2 Å². The van der Waals surface area contributed by atoms with E-state index in [-0.39, 0.29) is 0 Å². The number of hydrogen-bond donors (Lipinski definition) is 1. The summed E-state index contributed by atoms with van der Waals surface area (Å²) >= 11 is 0. The Labute approximate surface area is 79.3 Å². The van der Waals surface area contributed by atoms with Crippen molar-refractivity contribution in [1.29, 1.82) is 0 Å². The van der Waals surface area contributed by atoms with E-state index < -0.39 is 0 Å². The molecule has 0 spiro atoms. The van der Waals surface area contributed by atoms with Gasteiger partial charge in [-0.3, -0.25) is 0 Å². The SMILES string of the molecule is Cc1ccc2c(c1)/C(=C\CN)CC2. The number of fused-ring (bicyclic) bond motifs is 1. The molecule has 0 bridgehead atoms. The van der Waals surface area contributed by atoms with Crippen LogP contribution in [0.15, 0.2) is 24.3 Å². The predicted octanol–water partition coefficient (Wildman–Crippen LogP) is 2.28. The van der Waals surface area contributed by atoms with Gasteiger partial charge >= 0.3 is 0 Å². The summed E-state index contributed by atoms with van der Waals surface area (Å²) in [5.74, 6) is 0. The van der Waals surface area contributed by atoms with E-state index in [4.69, 9.17) is 5.73 Å². The lowest BCUT2D eigenvalue weighted by molar-refractivity contribution is 1.07. The van der Waals surface area contributed by atoms with Gasteiger partial charge in [0.25, 0.3) is 0 Å². The maximum atomic E-state index is 5.53. The van der Waals surface area contributed by atoms with E-state index in [1.54, 1.807) is 0 Å². The largest absolute Gasteiger partial charge is 0.327 e. The van der Waals surface area contributed by atoms with Crippen molar-refractivity contribution in [3.8, 4) is 0 Å². The van der Waals surface area contributed by atoms with Crippen LogP contribution in [0.1, 0.15) is 23.1 Å². The minimum atomic E-state index is 0.655. The Balaban J connectivity index is 2.46. The van der Waals surface area contributed by atoms with Crippen LogP contribution < -0.4 is 5.73 Å². The zero-order valence-corrected chi connectivity index (χ0v) is 8.01. The number of aryl methyl sites for hydroxylation is 2. The first-order valence-corrected chi connectivity index (χ1v) is 4.80. The third-order valence-corrected chi connectivity index (χ3v) is 2.64. The van der Waals surface area contributed by atoms with Crippen molar-refractivity contribution in [1.82, 2.24) is 0 Å². The molecule has 0 unspecified atom stereocenters. The number of allylic oxidation sites excluding steroid dienone is 1. The summed E-state index contributed by atoms with van der Waals surface area (Å²) in [4.78, 5) is 0. The molecule has 68 valence electrons. The van der Waals surface area contributed by atoms with Crippen molar-refractivity contribution >= 4 is 5.57 Å². The molecule has 1 aliphatic carbocycles. The predicted molar refractivity (Wildman–Crippen MR) is 56.5 cm³/mol. The molecule has 2 rings (SSSR count). The van der Waals surface area contributed by atoms with Crippen LogP contribution in [0.3, 0.4) is 0 Å². The topological polar surface area (TPSA) is 26.0 Å². The molecule has 0 radical (unpaired) electrons. The molecule has 1 aromatic carbocycles. The third-order valence-electron chi connectivity index (χ3n) is 2.64. The summed E-state index contributed by atoms with van der Waals surface area (Å²) in [5, 5.41) is 0. The van der Waals surface area contributed by atoms with Gasteiger partial charge in [-0.15, -0.1) is 0 Å². The molecule has 0 heterocycles. The normalized spacial score (nSPS) is 17.8. The summed E-state index contributed by atoms with van der Waals surface area (Å²) in [7, 11) is 0. The Kier molecular flexibility index (Phi) is 2.19. The molecule has 0 saturated heterocycles. The van der Waals surface area contributed by atoms with Gasteiger partial charge in [0.15, 0.2) is 0 Å². The van der Waals surface area contributed by atoms with Crippen molar-refractivity contribution in [2.75, 3.05) is 6.54 Å². The molecule has 0 amide bonds. The number of benzene rings is 1. The average Bonchev–Trinajstić information content (AvgIpc) is 2.49. The van der Waals surface area contributed by atoms with E-state index in [0.717, 1.165) is 6.42 Å². The fourth-order valence-electron chi connectivity index (χ4n) is 1.97. The second kappa shape index (κ2) is 3.35. The lowest BCUT2D eigenvalue weighted by atomic mass is 10.0. The van der Waals surface area contributed by atoms with Gasteiger partial charge < -0.3 is 5.73 Å². The molecule has 1 nitrogen and oxygen atoms in total. The Morgan fingerprint density at radius 1 is 1.38 bits per heavy atom. The minimum Gasteiger partial charge on any atom is -0.327 e. The zero-order chi connectivity index (χ0) is 9.26. The molecule has 13 heavy (non-hydrogen) atoms. The zero-order valence-electron chi connectivity index (χ0n) is 8.01. The van der Waals surface area contributed by atoms with Gasteiger partial charge in [0.2, 0.25) is 0 Å². The van der Waals surface area contributed by atoms with Crippen LogP contribution in [0, 0.1) is 6.92 Å². The number of hydrogen-bond acceptors (Lipinski definition) is 1. The fourth-order valence-corrected chi connectivity index (χ4v) is 1.97. The molecular weight excluding hydrogens is 158 g/mol. The number of nitrogens with two attached hydrogens (primary N) is 1. The van der Waals surface area contributed by atoms with Crippen LogP contribution in [-0.4, -0.2) is 6.54 Å². The van der Waals surface area contributed by atoms with Crippen molar-refractivity contribution < 1.29 is 0 Å². The lowest BCUT2D eigenvalue weighted by Crippen LogP contribution is -1.94.